The van der Waals surface area contributed by atoms with Crippen LogP contribution >= 0.6 is 23.2 Å². The van der Waals surface area contributed by atoms with E-state index in [1.165, 1.54) is 18.3 Å². The SMILES string of the molecule is Cc1ccc(-c2cn(O)c(=NC(=O)NC(=O)c3c(Cl)cccc3Cl)cc2C)cc1. The third-order valence-electron chi connectivity index (χ3n) is 4.25. The zero-order valence-electron chi connectivity index (χ0n) is 15.6. The van der Waals surface area contributed by atoms with Crippen molar-refractivity contribution in [2.75, 3.05) is 0 Å². The average Bonchev–Trinajstić information content (AvgIpc) is 2.65. The molecule has 3 amide bonds. The van der Waals surface area contributed by atoms with Crippen LogP contribution in [0.25, 0.3) is 11.1 Å². The molecule has 0 atom stereocenters. The summed E-state index contributed by atoms with van der Waals surface area (Å²) in [5, 5.41) is 12.5. The molecule has 0 saturated heterocycles. The number of halogens is 2. The Labute approximate surface area is 177 Å². The Morgan fingerprint density at radius 2 is 1.66 bits per heavy atom. The lowest BCUT2D eigenvalue weighted by molar-refractivity contribution is 0.0965. The summed E-state index contributed by atoms with van der Waals surface area (Å²) in [5.41, 5.74) is 3.55. The van der Waals surface area contributed by atoms with Gasteiger partial charge in [-0.25, -0.2) is 4.79 Å². The van der Waals surface area contributed by atoms with Crippen LogP contribution in [0.4, 0.5) is 4.79 Å². The zero-order chi connectivity index (χ0) is 21.1. The van der Waals surface area contributed by atoms with Gasteiger partial charge in [0.25, 0.3) is 5.91 Å². The molecule has 2 aromatic carbocycles. The molecule has 3 rings (SSSR count). The molecule has 2 N–H and O–H groups in total. The predicted octanol–water partition coefficient (Wildman–Crippen LogP) is 4.77. The van der Waals surface area contributed by atoms with E-state index in [0.29, 0.717) is 0 Å². The van der Waals surface area contributed by atoms with Crippen molar-refractivity contribution < 1.29 is 14.8 Å². The number of imide groups is 1. The molecule has 8 heteroatoms. The van der Waals surface area contributed by atoms with E-state index in [9.17, 15) is 14.8 Å². The van der Waals surface area contributed by atoms with Crippen LogP contribution < -0.4 is 10.8 Å². The van der Waals surface area contributed by atoms with E-state index in [2.05, 4.69) is 10.3 Å². The van der Waals surface area contributed by atoms with Crippen LogP contribution in [-0.2, 0) is 0 Å². The molecule has 29 heavy (non-hydrogen) atoms. The number of carbonyl (C=O) groups is 2. The molecule has 0 unspecified atom stereocenters. The minimum atomic E-state index is -0.962. The Hall–Kier alpha value is -3.09. The molecule has 1 heterocycles. The molecule has 0 aliphatic rings. The molecule has 0 aliphatic heterocycles. The van der Waals surface area contributed by atoms with Gasteiger partial charge in [-0.2, -0.15) is 9.72 Å². The summed E-state index contributed by atoms with van der Waals surface area (Å²) in [4.78, 5) is 28.2. The monoisotopic (exact) mass is 429 g/mol. The second kappa shape index (κ2) is 8.51. The first-order valence-corrected chi connectivity index (χ1v) is 9.35. The van der Waals surface area contributed by atoms with E-state index >= 15 is 0 Å². The van der Waals surface area contributed by atoms with Crippen LogP contribution in [0.3, 0.4) is 0 Å². The molecular weight excluding hydrogens is 413 g/mol. The number of rotatable bonds is 2. The molecule has 1 aromatic heterocycles. The summed E-state index contributed by atoms with van der Waals surface area (Å²) in [5.74, 6) is -0.785. The quantitative estimate of drug-likeness (QED) is 0.575. The van der Waals surface area contributed by atoms with Gasteiger partial charge >= 0.3 is 6.03 Å². The summed E-state index contributed by atoms with van der Waals surface area (Å²) < 4.78 is 0.731. The Kier molecular flexibility index (Phi) is 6.06. The number of hydrogen-bond donors (Lipinski definition) is 2. The number of nitrogens with zero attached hydrogens (tertiary/aromatic N) is 2. The minimum Gasteiger partial charge on any atom is -0.427 e. The highest BCUT2D eigenvalue weighted by Crippen LogP contribution is 2.24. The van der Waals surface area contributed by atoms with Crippen molar-refractivity contribution in [3.8, 4) is 11.1 Å². The Morgan fingerprint density at radius 3 is 2.28 bits per heavy atom. The molecular formula is C21H17Cl2N3O3. The van der Waals surface area contributed by atoms with Crippen molar-refractivity contribution in [3.63, 3.8) is 0 Å². The van der Waals surface area contributed by atoms with Crippen LogP contribution in [0.2, 0.25) is 10.0 Å². The summed E-state index contributed by atoms with van der Waals surface area (Å²) in [6, 6.07) is 12.9. The van der Waals surface area contributed by atoms with Crippen molar-refractivity contribution in [2.45, 2.75) is 13.8 Å². The third kappa shape index (κ3) is 4.67. The lowest BCUT2D eigenvalue weighted by Crippen LogP contribution is -2.31. The number of hydrogen-bond acceptors (Lipinski definition) is 3. The fourth-order valence-corrected chi connectivity index (χ4v) is 3.32. The van der Waals surface area contributed by atoms with Gasteiger partial charge in [-0.15, -0.1) is 0 Å². The smallest absolute Gasteiger partial charge is 0.349 e. The largest absolute Gasteiger partial charge is 0.427 e. The highest BCUT2D eigenvalue weighted by molar-refractivity contribution is 6.40. The maximum absolute atomic E-state index is 12.3. The van der Waals surface area contributed by atoms with Crippen LogP contribution in [0.15, 0.2) is 59.7 Å². The summed E-state index contributed by atoms with van der Waals surface area (Å²) in [6.07, 6.45) is 1.46. The molecule has 0 fully saturated rings. The average molecular weight is 430 g/mol. The number of aromatic nitrogens is 1. The first-order chi connectivity index (χ1) is 13.8. The van der Waals surface area contributed by atoms with Crippen molar-refractivity contribution >= 4 is 35.1 Å². The van der Waals surface area contributed by atoms with E-state index in [4.69, 9.17) is 23.2 Å². The molecule has 6 nitrogen and oxygen atoms in total. The van der Waals surface area contributed by atoms with Gasteiger partial charge in [-0.3, -0.25) is 10.1 Å². The highest BCUT2D eigenvalue weighted by Gasteiger charge is 2.17. The minimum absolute atomic E-state index is 0.0258. The van der Waals surface area contributed by atoms with Crippen LogP contribution in [-0.4, -0.2) is 21.9 Å². The molecule has 3 aromatic rings. The lowest BCUT2D eigenvalue weighted by Gasteiger charge is -2.09. The number of pyridine rings is 1. The van der Waals surface area contributed by atoms with Gasteiger partial charge in [0.15, 0.2) is 5.49 Å². The normalized spacial score (nSPS) is 11.4. The van der Waals surface area contributed by atoms with Gasteiger partial charge in [0, 0.05) is 5.56 Å². The van der Waals surface area contributed by atoms with E-state index in [0.717, 1.165) is 27.0 Å². The van der Waals surface area contributed by atoms with Gasteiger partial charge in [0.1, 0.15) is 0 Å². The van der Waals surface area contributed by atoms with Crippen molar-refractivity contribution in [2.24, 2.45) is 4.99 Å². The summed E-state index contributed by atoms with van der Waals surface area (Å²) >= 11 is 11.9. The number of amides is 3. The van der Waals surface area contributed by atoms with Gasteiger partial charge in [0.05, 0.1) is 21.8 Å². The van der Waals surface area contributed by atoms with Crippen LogP contribution in [0, 0.1) is 13.8 Å². The number of urea groups is 1. The lowest BCUT2D eigenvalue weighted by atomic mass is 10.0. The first-order valence-electron chi connectivity index (χ1n) is 8.60. The fourth-order valence-electron chi connectivity index (χ4n) is 2.75. The van der Waals surface area contributed by atoms with Crippen molar-refractivity contribution in [1.82, 2.24) is 10.0 Å². The third-order valence-corrected chi connectivity index (χ3v) is 4.88. The molecule has 0 aliphatic carbocycles. The second-order valence-electron chi connectivity index (χ2n) is 6.41. The van der Waals surface area contributed by atoms with Crippen molar-refractivity contribution in [3.05, 3.63) is 87.0 Å². The topological polar surface area (TPSA) is 83.7 Å². The number of benzene rings is 2. The van der Waals surface area contributed by atoms with E-state index in [1.54, 1.807) is 12.1 Å². The number of aryl methyl sites for hydroxylation is 2. The van der Waals surface area contributed by atoms with Gasteiger partial charge in [-0.1, -0.05) is 59.1 Å². The number of carbonyl (C=O) groups excluding carboxylic acids is 2. The Morgan fingerprint density at radius 1 is 1.03 bits per heavy atom. The maximum atomic E-state index is 12.3. The molecule has 0 spiro atoms. The Bertz CT molecular complexity index is 1150. The molecule has 0 bridgehead atoms. The first kappa shape index (κ1) is 20.6. The van der Waals surface area contributed by atoms with Crippen LogP contribution in [0.5, 0.6) is 0 Å². The summed E-state index contributed by atoms with van der Waals surface area (Å²) in [6.45, 7) is 3.82. The van der Waals surface area contributed by atoms with E-state index < -0.39 is 11.9 Å². The second-order valence-corrected chi connectivity index (χ2v) is 7.22. The molecule has 0 radical (unpaired) electrons. The van der Waals surface area contributed by atoms with Crippen LogP contribution in [0.1, 0.15) is 21.5 Å². The standard InChI is InChI=1S/C21H17Cl2N3O3/c1-12-6-8-14(9-7-12)15-11-26(29)18(10-13(15)2)24-21(28)25-20(27)19-16(22)4-3-5-17(19)23/h3-11,29H,1-2H3,(H,25,27,28). The zero-order valence-corrected chi connectivity index (χ0v) is 17.1. The Balaban J connectivity index is 1.88. The maximum Gasteiger partial charge on any atom is 0.349 e. The fraction of sp³-hybridized carbons (Fsp3) is 0.0952. The van der Waals surface area contributed by atoms with Gasteiger partial charge in [0.2, 0.25) is 0 Å². The van der Waals surface area contributed by atoms with Gasteiger partial charge < -0.3 is 5.21 Å². The highest BCUT2D eigenvalue weighted by atomic mass is 35.5. The van der Waals surface area contributed by atoms with Gasteiger partial charge in [-0.05, 0) is 43.2 Å². The summed E-state index contributed by atoms with van der Waals surface area (Å²) in [7, 11) is 0. The number of nitrogens with one attached hydrogen (secondary N) is 1. The predicted molar refractivity (Wildman–Crippen MR) is 111 cm³/mol. The van der Waals surface area contributed by atoms with Crippen molar-refractivity contribution in [1.29, 1.82) is 0 Å². The van der Waals surface area contributed by atoms with E-state index in [1.807, 2.05) is 38.1 Å². The molecule has 0 saturated carbocycles. The molecule has 148 valence electrons. The van der Waals surface area contributed by atoms with E-state index in [-0.39, 0.29) is 21.1 Å².